The second-order valence-electron chi connectivity index (χ2n) is 14.1. The van der Waals surface area contributed by atoms with Gasteiger partial charge in [0.2, 0.25) is 0 Å². The maximum Gasteiger partial charge on any atom is -0.0143 e. The van der Waals surface area contributed by atoms with E-state index >= 15 is 0 Å². The van der Waals surface area contributed by atoms with Crippen molar-refractivity contribution >= 4 is 0 Å². The van der Waals surface area contributed by atoms with Crippen LogP contribution in [0.15, 0.2) is 23.3 Å². The number of hydrogen-bond donors (Lipinski definition) is 0. The van der Waals surface area contributed by atoms with E-state index in [0.29, 0.717) is 16.2 Å². The van der Waals surface area contributed by atoms with Crippen LogP contribution in [0.25, 0.3) is 0 Å². The maximum atomic E-state index is 2.67. The van der Waals surface area contributed by atoms with Crippen molar-refractivity contribution in [2.45, 2.75) is 127 Å². The van der Waals surface area contributed by atoms with Crippen molar-refractivity contribution in [1.29, 1.82) is 0 Å². The van der Waals surface area contributed by atoms with Gasteiger partial charge < -0.3 is 0 Å². The lowest BCUT2D eigenvalue weighted by Gasteiger charge is -2.45. The Bertz CT molecular complexity index is 653. The van der Waals surface area contributed by atoms with E-state index in [9.17, 15) is 0 Å². The molecule has 0 aromatic carbocycles. The van der Waals surface area contributed by atoms with Crippen LogP contribution in [0, 0.1) is 45.8 Å². The Hall–Kier alpha value is -0.520. The summed E-state index contributed by atoms with van der Waals surface area (Å²) in [7, 11) is 0. The van der Waals surface area contributed by atoms with E-state index < -0.39 is 0 Å². The van der Waals surface area contributed by atoms with Gasteiger partial charge in [-0.2, -0.15) is 0 Å². The first-order chi connectivity index (χ1) is 14.3. The molecule has 0 bridgehead atoms. The summed E-state index contributed by atoms with van der Waals surface area (Å²) in [6, 6.07) is 0. The second kappa shape index (κ2) is 9.38. The van der Waals surface area contributed by atoms with E-state index in [4.69, 9.17) is 0 Å². The Kier molecular flexibility index (Phi) is 7.60. The third-order valence-corrected chi connectivity index (χ3v) is 10.5. The average molecular weight is 427 g/mol. The molecule has 0 saturated heterocycles. The number of fused-ring (bicyclic) bond motifs is 1. The molecular formula is C31H54. The molecule has 3 aliphatic rings. The first kappa shape index (κ1) is 25.1. The molecule has 3 aliphatic carbocycles. The van der Waals surface area contributed by atoms with Crippen molar-refractivity contribution in [2.24, 2.45) is 45.8 Å². The van der Waals surface area contributed by atoms with Gasteiger partial charge in [-0.1, -0.05) is 98.5 Å². The molecule has 0 spiro atoms. The van der Waals surface area contributed by atoms with Crippen molar-refractivity contribution in [3.8, 4) is 0 Å². The van der Waals surface area contributed by atoms with Crippen LogP contribution >= 0.6 is 0 Å². The zero-order valence-electron chi connectivity index (χ0n) is 22.6. The lowest BCUT2D eigenvalue weighted by molar-refractivity contribution is 0.0920. The molecule has 0 heterocycles. The minimum Gasteiger partial charge on any atom is -0.0696 e. The molecule has 2 unspecified atom stereocenters. The SMILES string of the molecule is C[C@@H]1CC(=C/C=C2\CCC[C@@]3(C)C2CCC3[C@@H](C)CCCC(C)(C)C)C[C@@H](C)C1(C)C. The topological polar surface area (TPSA) is 0 Å². The van der Waals surface area contributed by atoms with Crippen LogP contribution in [0.5, 0.6) is 0 Å². The van der Waals surface area contributed by atoms with Crippen LogP contribution in [0.2, 0.25) is 0 Å². The zero-order chi connectivity index (χ0) is 23.0. The average Bonchev–Trinajstić information content (AvgIpc) is 3.01. The molecule has 0 nitrogen and oxygen atoms in total. The molecule has 3 saturated carbocycles. The lowest BCUT2D eigenvalue weighted by atomic mass is 9.60. The van der Waals surface area contributed by atoms with Crippen LogP contribution in [0.1, 0.15) is 127 Å². The Labute approximate surface area is 195 Å². The monoisotopic (exact) mass is 426 g/mol. The fraction of sp³-hybridized carbons (Fsp3) is 0.871. The van der Waals surface area contributed by atoms with Crippen molar-refractivity contribution < 1.29 is 0 Å². The second-order valence-corrected chi connectivity index (χ2v) is 14.1. The molecule has 0 heteroatoms. The van der Waals surface area contributed by atoms with E-state index in [0.717, 1.165) is 29.6 Å². The summed E-state index contributed by atoms with van der Waals surface area (Å²) < 4.78 is 0. The first-order valence-corrected chi connectivity index (χ1v) is 13.7. The molecule has 0 N–H and O–H groups in total. The van der Waals surface area contributed by atoms with Gasteiger partial charge in [0.05, 0.1) is 0 Å². The van der Waals surface area contributed by atoms with Crippen molar-refractivity contribution in [2.75, 3.05) is 0 Å². The summed E-state index contributed by atoms with van der Waals surface area (Å²) in [6.07, 6.45) is 19.1. The quantitative estimate of drug-likeness (QED) is 0.410. The van der Waals surface area contributed by atoms with Crippen LogP contribution in [-0.4, -0.2) is 0 Å². The van der Waals surface area contributed by atoms with Crippen LogP contribution in [-0.2, 0) is 0 Å². The van der Waals surface area contributed by atoms with Gasteiger partial charge >= 0.3 is 0 Å². The standard InChI is InChI=1S/C31H54/c1-22(12-10-18-29(4,5)6)27-16-17-28-26(13-11-19-31(27,28)9)15-14-25-20-23(2)30(7,8)24(3)21-25/h14-15,22-24,27-28H,10-13,16-21H2,1-9H3/b26-15+/t22-,23+,24+,27?,28?,31+/m0/s1. The molecule has 0 amide bonds. The Morgan fingerprint density at radius 2 is 1.65 bits per heavy atom. The largest absolute Gasteiger partial charge is 0.0696 e. The van der Waals surface area contributed by atoms with Crippen molar-refractivity contribution in [3.63, 3.8) is 0 Å². The summed E-state index contributed by atoms with van der Waals surface area (Å²) in [5.41, 5.74) is 5.04. The van der Waals surface area contributed by atoms with Gasteiger partial charge in [0.15, 0.2) is 0 Å². The van der Waals surface area contributed by atoms with E-state index in [1.807, 2.05) is 0 Å². The maximum absolute atomic E-state index is 2.67. The molecular weight excluding hydrogens is 372 g/mol. The zero-order valence-corrected chi connectivity index (χ0v) is 22.6. The molecule has 0 aromatic rings. The van der Waals surface area contributed by atoms with Gasteiger partial charge in [-0.25, -0.2) is 0 Å². The van der Waals surface area contributed by atoms with Crippen LogP contribution in [0.4, 0.5) is 0 Å². The van der Waals surface area contributed by atoms with E-state index in [1.165, 1.54) is 64.2 Å². The summed E-state index contributed by atoms with van der Waals surface area (Å²) in [5, 5.41) is 0. The highest BCUT2D eigenvalue weighted by Gasteiger charge is 2.50. The van der Waals surface area contributed by atoms with E-state index in [2.05, 4.69) is 74.5 Å². The molecule has 3 rings (SSSR count). The summed E-state index contributed by atoms with van der Waals surface area (Å²) in [6.45, 7) is 22.3. The molecule has 178 valence electrons. The Morgan fingerprint density at radius 1 is 1.00 bits per heavy atom. The third-order valence-electron chi connectivity index (χ3n) is 10.5. The third kappa shape index (κ3) is 5.52. The van der Waals surface area contributed by atoms with Crippen molar-refractivity contribution in [3.05, 3.63) is 23.3 Å². The molecule has 31 heavy (non-hydrogen) atoms. The molecule has 0 radical (unpaired) electrons. The van der Waals surface area contributed by atoms with Gasteiger partial charge in [-0.15, -0.1) is 0 Å². The Morgan fingerprint density at radius 3 is 2.26 bits per heavy atom. The number of hydrogen-bond acceptors (Lipinski definition) is 0. The smallest absolute Gasteiger partial charge is 0.0143 e. The van der Waals surface area contributed by atoms with Gasteiger partial charge in [0, 0.05) is 0 Å². The van der Waals surface area contributed by atoms with Crippen molar-refractivity contribution in [1.82, 2.24) is 0 Å². The summed E-state index contributed by atoms with van der Waals surface area (Å²) in [5.74, 6) is 4.26. The highest BCUT2D eigenvalue weighted by atomic mass is 14.5. The van der Waals surface area contributed by atoms with Gasteiger partial charge in [0.1, 0.15) is 0 Å². The van der Waals surface area contributed by atoms with Gasteiger partial charge in [0.25, 0.3) is 0 Å². The van der Waals surface area contributed by atoms with E-state index in [1.54, 1.807) is 11.1 Å². The Balaban J connectivity index is 1.68. The molecule has 0 aromatic heterocycles. The normalized spacial score (nSPS) is 38.2. The highest BCUT2D eigenvalue weighted by Crippen LogP contribution is 2.60. The minimum absolute atomic E-state index is 0.482. The minimum atomic E-state index is 0.482. The lowest BCUT2D eigenvalue weighted by Crippen LogP contribution is -2.36. The predicted molar refractivity (Wildman–Crippen MR) is 138 cm³/mol. The first-order valence-electron chi connectivity index (χ1n) is 13.7. The highest BCUT2D eigenvalue weighted by molar-refractivity contribution is 5.26. The van der Waals surface area contributed by atoms with Crippen LogP contribution in [0.3, 0.4) is 0 Å². The fourth-order valence-electron chi connectivity index (χ4n) is 7.61. The van der Waals surface area contributed by atoms with Gasteiger partial charge in [-0.05, 0) is 97.2 Å². The van der Waals surface area contributed by atoms with Crippen LogP contribution < -0.4 is 0 Å². The number of rotatable bonds is 5. The number of allylic oxidation sites excluding steroid dienone is 4. The molecule has 6 atom stereocenters. The predicted octanol–water partition coefficient (Wildman–Crippen LogP) is 10.0. The summed E-state index contributed by atoms with van der Waals surface area (Å²) in [4.78, 5) is 0. The van der Waals surface area contributed by atoms with Gasteiger partial charge in [-0.3, -0.25) is 0 Å². The molecule has 0 aliphatic heterocycles. The molecule has 3 fully saturated rings. The summed E-state index contributed by atoms with van der Waals surface area (Å²) >= 11 is 0. The fourth-order valence-corrected chi connectivity index (χ4v) is 7.61. The van der Waals surface area contributed by atoms with E-state index in [-0.39, 0.29) is 0 Å².